The Morgan fingerprint density at radius 1 is 1.35 bits per heavy atom. The second-order valence-corrected chi connectivity index (χ2v) is 8.02. The summed E-state index contributed by atoms with van der Waals surface area (Å²) in [7, 11) is 0.0344. The fourth-order valence-corrected chi connectivity index (χ4v) is 3.46. The van der Waals surface area contributed by atoms with Crippen molar-refractivity contribution in [1.29, 1.82) is 0 Å². The van der Waals surface area contributed by atoms with Crippen molar-refractivity contribution in [2.24, 2.45) is 10.9 Å². The third-order valence-corrected chi connectivity index (χ3v) is 5.60. The van der Waals surface area contributed by atoms with Crippen LogP contribution in [0.1, 0.15) is 18.9 Å². The van der Waals surface area contributed by atoms with Crippen molar-refractivity contribution in [2.45, 2.75) is 24.8 Å². The quantitative estimate of drug-likeness (QED) is 0.341. The lowest BCUT2D eigenvalue weighted by Gasteiger charge is -2.24. The summed E-state index contributed by atoms with van der Waals surface area (Å²) in [5, 5.41) is 3.30. The van der Waals surface area contributed by atoms with Crippen molar-refractivity contribution in [3.8, 4) is 0 Å². The highest BCUT2D eigenvalue weighted by atomic mass is 127. The summed E-state index contributed by atoms with van der Waals surface area (Å²) in [5.74, 6) is 1.39. The molecule has 1 saturated heterocycles. The second-order valence-electron chi connectivity index (χ2n) is 6.13. The molecule has 1 heterocycles. The molecule has 1 aliphatic rings. The van der Waals surface area contributed by atoms with E-state index in [0.29, 0.717) is 12.5 Å². The van der Waals surface area contributed by atoms with Gasteiger partial charge in [-0.25, -0.2) is 18.1 Å². The Morgan fingerprint density at radius 3 is 2.58 bits per heavy atom. The summed E-state index contributed by atoms with van der Waals surface area (Å²) in [4.78, 5) is 7.05. The third kappa shape index (κ3) is 6.67. The number of ether oxygens (including phenoxy) is 1. The molecular formula is C17H29IN4O3S. The van der Waals surface area contributed by atoms with Gasteiger partial charge in [-0.05, 0) is 38.1 Å². The van der Waals surface area contributed by atoms with Crippen LogP contribution >= 0.6 is 24.0 Å². The average molecular weight is 496 g/mol. The molecule has 148 valence electrons. The van der Waals surface area contributed by atoms with Gasteiger partial charge in [0, 0.05) is 32.7 Å². The lowest BCUT2D eigenvalue weighted by molar-refractivity contribution is 0.181. The summed E-state index contributed by atoms with van der Waals surface area (Å²) in [5.41, 5.74) is 0.961. The molecule has 0 aliphatic carbocycles. The fraction of sp³-hybridized carbons (Fsp3) is 0.588. The summed E-state index contributed by atoms with van der Waals surface area (Å²) < 4.78 is 31.2. The summed E-state index contributed by atoms with van der Waals surface area (Å²) in [6.07, 6.45) is 1.09. The van der Waals surface area contributed by atoms with E-state index in [0.717, 1.165) is 44.2 Å². The van der Waals surface area contributed by atoms with Gasteiger partial charge in [-0.3, -0.25) is 0 Å². The molecule has 1 aliphatic heterocycles. The van der Waals surface area contributed by atoms with Crippen molar-refractivity contribution in [2.75, 3.05) is 40.4 Å². The van der Waals surface area contributed by atoms with E-state index in [1.54, 1.807) is 24.3 Å². The maximum atomic E-state index is 11.8. The summed E-state index contributed by atoms with van der Waals surface area (Å²) in [6, 6.07) is 6.79. The highest BCUT2D eigenvalue weighted by Gasteiger charge is 2.19. The SMILES string of the molecule is CCNC(=NCc1ccc(S(=O)(=O)NC)cc1)N(C)CC1CCOC1.I. The number of nitrogens with zero attached hydrogens (tertiary/aromatic N) is 2. The number of hydrogen-bond donors (Lipinski definition) is 2. The number of aliphatic imine (C=N–C) groups is 1. The minimum atomic E-state index is -3.40. The number of rotatable bonds is 7. The first kappa shape index (κ1) is 23.1. The normalized spacial score (nSPS) is 17.7. The van der Waals surface area contributed by atoms with Gasteiger partial charge in [0.15, 0.2) is 5.96 Å². The van der Waals surface area contributed by atoms with Gasteiger partial charge in [0.25, 0.3) is 0 Å². The van der Waals surface area contributed by atoms with Crippen LogP contribution in [-0.4, -0.2) is 59.7 Å². The van der Waals surface area contributed by atoms with Gasteiger partial charge in [0.1, 0.15) is 0 Å². The van der Waals surface area contributed by atoms with Crippen molar-refractivity contribution in [3.05, 3.63) is 29.8 Å². The number of halogens is 1. The van der Waals surface area contributed by atoms with E-state index in [9.17, 15) is 8.42 Å². The molecule has 0 amide bonds. The Bertz CT molecular complexity index is 674. The van der Waals surface area contributed by atoms with Crippen LogP contribution in [0.5, 0.6) is 0 Å². The zero-order valence-electron chi connectivity index (χ0n) is 15.6. The van der Waals surface area contributed by atoms with Gasteiger partial charge in [-0.2, -0.15) is 0 Å². The molecule has 0 radical (unpaired) electrons. The fourth-order valence-electron chi connectivity index (χ4n) is 2.73. The van der Waals surface area contributed by atoms with Crippen molar-refractivity contribution < 1.29 is 13.2 Å². The number of sulfonamides is 1. The Balaban J connectivity index is 0.00000338. The topological polar surface area (TPSA) is 83.0 Å². The molecule has 9 heteroatoms. The Kier molecular flexibility index (Phi) is 9.83. The molecule has 0 saturated carbocycles. The lowest BCUT2D eigenvalue weighted by Crippen LogP contribution is -2.41. The van der Waals surface area contributed by atoms with E-state index in [2.05, 4.69) is 19.9 Å². The van der Waals surface area contributed by atoms with Crippen molar-refractivity contribution in [3.63, 3.8) is 0 Å². The molecule has 1 unspecified atom stereocenters. The molecule has 1 aromatic rings. The van der Waals surface area contributed by atoms with Crippen molar-refractivity contribution >= 4 is 40.0 Å². The molecule has 0 spiro atoms. The molecule has 26 heavy (non-hydrogen) atoms. The highest BCUT2D eigenvalue weighted by Crippen LogP contribution is 2.14. The van der Waals surface area contributed by atoms with Gasteiger partial charge in [-0.1, -0.05) is 12.1 Å². The van der Waals surface area contributed by atoms with Crippen LogP contribution in [0.4, 0.5) is 0 Å². The minimum Gasteiger partial charge on any atom is -0.381 e. The number of hydrogen-bond acceptors (Lipinski definition) is 4. The van der Waals surface area contributed by atoms with Crippen LogP contribution in [-0.2, 0) is 21.3 Å². The standard InChI is InChI=1S/C17H28N4O3S.HI/c1-4-19-17(21(3)12-15-9-10-24-13-15)20-11-14-5-7-16(8-6-14)25(22,23)18-2;/h5-8,15,18H,4,9-13H2,1-3H3,(H,19,20);1H. The zero-order valence-corrected chi connectivity index (χ0v) is 18.7. The highest BCUT2D eigenvalue weighted by molar-refractivity contribution is 14.0. The largest absolute Gasteiger partial charge is 0.381 e. The second kappa shape index (κ2) is 11.1. The monoisotopic (exact) mass is 496 g/mol. The van der Waals surface area contributed by atoms with Gasteiger partial charge in [0.2, 0.25) is 10.0 Å². The summed E-state index contributed by atoms with van der Waals surface area (Å²) >= 11 is 0. The van der Waals surface area contributed by atoms with E-state index in [1.807, 2.05) is 14.0 Å². The first-order valence-electron chi connectivity index (χ1n) is 8.56. The molecule has 2 N–H and O–H groups in total. The Hall–Kier alpha value is -0.910. The number of guanidine groups is 1. The van der Waals surface area contributed by atoms with Crippen LogP contribution in [0.3, 0.4) is 0 Å². The van der Waals surface area contributed by atoms with E-state index in [4.69, 9.17) is 4.74 Å². The van der Waals surface area contributed by atoms with Crippen molar-refractivity contribution in [1.82, 2.24) is 14.9 Å². The van der Waals surface area contributed by atoms with Gasteiger partial charge in [0.05, 0.1) is 18.0 Å². The van der Waals surface area contributed by atoms with E-state index in [1.165, 1.54) is 7.05 Å². The predicted octanol–water partition coefficient (Wildman–Crippen LogP) is 1.65. The molecular weight excluding hydrogens is 467 g/mol. The van der Waals surface area contributed by atoms with E-state index >= 15 is 0 Å². The average Bonchev–Trinajstić information content (AvgIpc) is 3.11. The molecule has 1 atom stereocenters. The van der Waals surface area contributed by atoms with Crippen LogP contribution in [0.25, 0.3) is 0 Å². The molecule has 1 fully saturated rings. The van der Waals surface area contributed by atoms with E-state index < -0.39 is 10.0 Å². The van der Waals surface area contributed by atoms with Gasteiger partial charge in [-0.15, -0.1) is 24.0 Å². The summed E-state index contributed by atoms with van der Waals surface area (Å²) in [6.45, 7) is 5.89. The maximum absolute atomic E-state index is 11.8. The van der Waals surface area contributed by atoms with Gasteiger partial charge >= 0.3 is 0 Å². The van der Waals surface area contributed by atoms with Gasteiger partial charge < -0.3 is 15.0 Å². The first-order valence-corrected chi connectivity index (χ1v) is 10.0. The van der Waals surface area contributed by atoms with Crippen LogP contribution in [0, 0.1) is 5.92 Å². The zero-order chi connectivity index (χ0) is 18.3. The van der Waals surface area contributed by atoms with Crippen LogP contribution in [0.2, 0.25) is 0 Å². The molecule has 0 aromatic heterocycles. The van der Waals surface area contributed by atoms with Crippen LogP contribution in [0.15, 0.2) is 34.2 Å². The first-order chi connectivity index (χ1) is 12.0. The smallest absolute Gasteiger partial charge is 0.240 e. The van der Waals surface area contributed by atoms with E-state index in [-0.39, 0.29) is 28.9 Å². The molecule has 0 bridgehead atoms. The lowest BCUT2D eigenvalue weighted by atomic mass is 10.1. The minimum absolute atomic E-state index is 0. The Morgan fingerprint density at radius 2 is 2.04 bits per heavy atom. The number of benzene rings is 1. The maximum Gasteiger partial charge on any atom is 0.240 e. The molecule has 1 aromatic carbocycles. The molecule has 2 rings (SSSR count). The van der Waals surface area contributed by atoms with Crippen LogP contribution < -0.4 is 10.0 Å². The third-order valence-electron chi connectivity index (χ3n) is 4.17. The molecule has 7 nitrogen and oxygen atoms in total. The number of nitrogens with one attached hydrogen (secondary N) is 2. The predicted molar refractivity (Wildman–Crippen MR) is 114 cm³/mol. The Labute approximate surface area is 173 Å².